The molecule has 20 heavy (non-hydrogen) atoms. The molecule has 0 heterocycles. The first-order chi connectivity index (χ1) is 9.49. The lowest BCUT2D eigenvalue weighted by Gasteiger charge is -2.22. The molecule has 1 saturated carbocycles. The Hall–Kier alpha value is -1.06. The molecular weight excluding hydrogens is 254 g/mol. The summed E-state index contributed by atoms with van der Waals surface area (Å²) >= 11 is 0. The molecule has 1 aliphatic rings. The molecule has 1 aliphatic carbocycles. The summed E-state index contributed by atoms with van der Waals surface area (Å²) in [6.07, 6.45) is 6.57. The Morgan fingerprint density at radius 3 is 2.35 bits per heavy atom. The van der Waals surface area contributed by atoms with Crippen LogP contribution in [0.1, 0.15) is 65.7 Å². The number of amides is 1. The smallest absolute Gasteiger partial charge is 0.307 e. The minimum atomic E-state index is -0.824. The zero-order valence-corrected chi connectivity index (χ0v) is 13.0. The van der Waals surface area contributed by atoms with E-state index in [1.165, 1.54) is 0 Å². The van der Waals surface area contributed by atoms with Crippen molar-refractivity contribution in [2.75, 3.05) is 0 Å². The average molecular weight is 283 g/mol. The van der Waals surface area contributed by atoms with Gasteiger partial charge in [-0.05, 0) is 31.6 Å². The second kappa shape index (κ2) is 8.28. The van der Waals surface area contributed by atoms with Crippen molar-refractivity contribution in [3.63, 3.8) is 0 Å². The van der Waals surface area contributed by atoms with Gasteiger partial charge in [-0.1, -0.05) is 40.0 Å². The second-order valence-corrected chi connectivity index (χ2v) is 6.26. The normalized spacial score (nSPS) is 27.2. The van der Waals surface area contributed by atoms with E-state index in [1.807, 2.05) is 6.92 Å². The van der Waals surface area contributed by atoms with E-state index >= 15 is 0 Å². The van der Waals surface area contributed by atoms with Gasteiger partial charge in [-0.2, -0.15) is 0 Å². The standard InChI is InChI=1S/C16H29NO3/c1-4-6-8-12(7-5-2)17-15(18)13-9-11(3)10-14(13)16(19)20/h11-14H,4-10H2,1-3H3,(H,17,18)(H,19,20)/t11?,12?,13-,14+/m0/s1. The zero-order valence-electron chi connectivity index (χ0n) is 13.0. The van der Waals surface area contributed by atoms with Crippen molar-refractivity contribution >= 4 is 11.9 Å². The number of unbranched alkanes of at least 4 members (excludes halogenated alkanes) is 1. The minimum absolute atomic E-state index is 0.0451. The highest BCUT2D eigenvalue weighted by Gasteiger charge is 2.41. The highest BCUT2D eigenvalue weighted by atomic mass is 16.4. The van der Waals surface area contributed by atoms with Crippen LogP contribution in [0.15, 0.2) is 0 Å². The first-order valence-corrected chi connectivity index (χ1v) is 8.02. The maximum absolute atomic E-state index is 12.4. The lowest BCUT2D eigenvalue weighted by molar-refractivity contribution is -0.146. The fraction of sp³-hybridized carbons (Fsp3) is 0.875. The molecule has 4 nitrogen and oxygen atoms in total. The van der Waals surface area contributed by atoms with Crippen LogP contribution in [0, 0.1) is 17.8 Å². The molecule has 1 fully saturated rings. The number of nitrogens with one attached hydrogen (secondary N) is 1. The van der Waals surface area contributed by atoms with Gasteiger partial charge >= 0.3 is 5.97 Å². The summed E-state index contributed by atoms with van der Waals surface area (Å²) in [7, 11) is 0. The Kier molecular flexibility index (Phi) is 7.03. The Balaban J connectivity index is 2.60. The lowest BCUT2D eigenvalue weighted by atomic mass is 9.94. The Morgan fingerprint density at radius 1 is 1.15 bits per heavy atom. The molecule has 0 bridgehead atoms. The van der Waals surface area contributed by atoms with Crippen LogP contribution in [-0.4, -0.2) is 23.0 Å². The highest BCUT2D eigenvalue weighted by Crippen LogP contribution is 2.36. The number of hydrogen-bond donors (Lipinski definition) is 2. The third kappa shape index (κ3) is 4.80. The number of carboxylic acid groups (broad SMARTS) is 1. The predicted molar refractivity (Wildman–Crippen MR) is 79.4 cm³/mol. The summed E-state index contributed by atoms with van der Waals surface area (Å²) in [5.74, 6) is -1.39. The molecular formula is C16H29NO3. The summed E-state index contributed by atoms with van der Waals surface area (Å²) in [5, 5.41) is 12.3. The molecule has 2 unspecified atom stereocenters. The van der Waals surface area contributed by atoms with Gasteiger partial charge in [0.05, 0.1) is 11.8 Å². The van der Waals surface area contributed by atoms with E-state index in [-0.39, 0.29) is 17.9 Å². The van der Waals surface area contributed by atoms with Gasteiger partial charge in [0.15, 0.2) is 0 Å². The number of carbonyl (C=O) groups excluding carboxylic acids is 1. The molecule has 2 N–H and O–H groups in total. The predicted octanol–water partition coefficient (Wildman–Crippen LogP) is 3.21. The number of aliphatic carboxylic acids is 1. The van der Waals surface area contributed by atoms with Gasteiger partial charge in [-0.15, -0.1) is 0 Å². The van der Waals surface area contributed by atoms with Crippen molar-refractivity contribution in [1.82, 2.24) is 5.32 Å². The molecule has 0 spiro atoms. The molecule has 0 saturated heterocycles. The summed E-state index contributed by atoms with van der Waals surface area (Å²) in [5.41, 5.74) is 0. The maximum atomic E-state index is 12.4. The van der Waals surface area contributed by atoms with Gasteiger partial charge in [0.25, 0.3) is 0 Å². The molecule has 0 radical (unpaired) electrons. The van der Waals surface area contributed by atoms with E-state index in [2.05, 4.69) is 19.2 Å². The summed E-state index contributed by atoms with van der Waals surface area (Å²) < 4.78 is 0. The van der Waals surface area contributed by atoms with Crippen molar-refractivity contribution in [1.29, 1.82) is 0 Å². The monoisotopic (exact) mass is 283 g/mol. The van der Waals surface area contributed by atoms with Crippen LogP contribution in [0.3, 0.4) is 0 Å². The van der Waals surface area contributed by atoms with E-state index in [4.69, 9.17) is 0 Å². The fourth-order valence-corrected chi connectivity index (χ4v) is 3.25. The van der Waals surface area contributed by atoms with Gasteiger partial charge in [-0.3, -0.25) is 9.59 Å². The van der Waals surface area contributed by atoms with Crippen LogP contribution in [-0.2, 0) is 9.59 Å². The maximum Gasteiger partial charge on any atom is 0.307 e. The summed E-state index contributed by atoms with van der Waals surface area (Å²) in [6, 6.07) is 0.206. The quantitative estimate of drug-likeness (QED) is 0.719. The number of hydrogen-bond acceptors (Lipinski definition) is 2. The first-order valence-electron chi connectivity index (χ1n) is 8.02. The van der Waals surface area contributed by atoms with Crippen molar-refractivity contribution in [3.05, 3.63) is 0 Å². The van der Waals surface area contributed by atoms with Crippen molar-refractivity contribution in [3.8, 4) is 0 Å². The van der Waals surface area contributed by atoms with Gasteiger partial charge < -0.3 is 10.4 Å². The topological polar surface area (TPSA) is 66.4 Å². The average Bonchev–Trinajstić information content (AvgIpc) is 2.78. The van der Waals surface area contributed by atoms with Crippen molar-refractivity contribution in [2.24, 2.45) is 17.8 Å². The molecule has 0 aromatic rings. The fourth-order valence-electron chi connectivity index (χ4n) is 3.25. The number of rotatable bonds is 8. The van der Waals surface area contributed by atoms with Crippen LogP contribution in [0.2, 0.25) is 0 Å². The number of carbonyl (C=O) groups is 2. The number of carboxylic acids is 1. The lowest BCUT2D eigenvalue weighted by Crippen LogP contribution is -2.41. The van der Waals surface area contributed by atoms with Gasteiger partial charge in [0.1, 0.15) is 0 Å². The van der Waals surface area contributed by atoms with Gasteiger partial charge in [-0.25, -0.2) is 0 Å². The van der Waals surface area contributed by atoms with Gasteiger partial charge in [0, 0.05) is 6.04 Å². The summed E-state index contributed by atoms with van der Waals surface area (Å²) in [4.78, 5) is 23.6. The van der Waals surface area contributed by atoms with Crippen molar-refractivity contribution in [2.45, 2.75) is 71.8 Å². The van der Waals surface area contributed by atoms with Crippen LogP contribution in [0.25, 0.3) is 0 Å². The van der Waals surface area contributed by atoms with E-state index in [0.29, 0.717) is 18.8 Å². The molecule has 4 heteroatoms. The Bertz CT molecular complexity index is 330. The van der Waals surface area contributed by atoms with E-state index in [9.17, 15) is 14.7 Å². The van der Waals surface area contributed by atoms with Crippen LogP contribution in [0.5, 0.6) is 0 Å². The third-order valence-corrected chi connectivity index (χ3v) is 4.34. The molecule has 0 aromatic carbocycles. The third-order valence-electron chi connectivity index (χ3n) is 4.34. The largest absolute Gasteiger partial charge is 0.481 e. The van der Waals surface area contributed by atoms with Crippen LogP contribution in [0.4, 0.5) is 0 Å². The molecule has 0 aliphatic heterocycles. The Morgan fingerprint density at radius 2 is 1.80 bits per heavy atom. The molecule has 0 aromatic heterocycles. The SMILES string of the molecule is CCCCC(CCC)NC(=O)[C@H]1CC(C)C[C@H]1C(=O)O. The Labute approximate surface area is 122 Å². The minimum Gasteiger partial charge on any atom is -0.481 e. The second-order valence-electron chi connectivity index (χ2n) is 6.26. The first kappa shape index (κ1) is 17.0. The van der Waals surface area contributed by atoms with Gasteiger partial charge in [0.2, 0.25) is 5.91 Å². The summed E-state index contributed by atoms with van der Waals surface area (Å²) in [6.45, 7) is 6.29. The molecule has 1 amide bonds. The van der Waals surface area contributed by atoms with Crippen molar-refractivity contribution < 1.29 is 14.7 Å². The molecule has 1 rings (SSSR count). The van der Waals surface area contributed by atoms with Crippen LogP contribution >= 0.6 is 0 Å². The van der Waals surface area contributed by atoms with Crippen LogP contribution < -0.4 is 5.32 Å². The highest BCUT2D eigenvalue weighted by molar-refractivity contribution is 5.85. The van der Waals surface area contributed by atoms with E-state index < -0.39 is 11.9 Å². The van der Waals surface area contributed by atoms with E-state index in [1.54, 1.807) is 0 Å². The molecule has 116 valence electrons. The zero-order chi connectivity index (χ0) is 15.1. The van der Waals surface area contributed by atoms with E-state index in [0.717, 1.165) is 32.1 Å². The molecule has 4 atom stereocenters.